The van der Waals surface area contributed by atoms with Crippen LogP contribution in [0.25, 0.3) is 0 Å². The molecule has 0 aliphatic carbocycles. The van der Waals surface area contributed by atoms with Gasteiger partial charge in [-0.3, -0.25) is 4.79 Å². The highest BCUT2D eigenvalue weighted by Gasteiger charge is 2.28. The Morgan fingerprint density at radius 3 is 1.90 bits per heavy atom. The molecule has 1 rings (SSSR count). The van der Waals surface area contributed by atoms with E-state index < -0.39 is 18.0 Å². The van der Waals surface area contributed by atoms with Gasteiger partial charge in [0.1, 0.15) is 0 Å². The summed E-state index contributed by atoms with van der Waals surface area (Å²) in [5, 5.41) is 9.28. The lowest BCUT2D eigenvalue weighted by atomic mass is 9.83. The normalized spacial score (nSPS) is 12.9. The van der Waals surface area contributed by atoms with Gasteiger partial charge in [0.15, 0.2) is 0 Å². The summed E-state index contributed by atoms with van der Waals surface area (Å²) in [6.45, 7) is 11.2. The third-order valence-corrected chi connectivity index (χ3v) is 3.23. The first-order valence-electron chi connectivity index (χ1n) is 6.55. The summed E-state index contributed by atoms with van der Waals surface area (Å²) in [6, 6.07) is 3.92. The van der Waals surface area contributed by atoms with Gasteiger partial charge >= 0.3 is 11.9 Å². The first-order chi connectivity index (χ1) is 9.04. The molecule has 0 fully saturated rings. The fourth-order valence-electron chi connectivity index (χ4n) is 2.22. The van der Waals surface area contributed by atoms with Crippen LogP contribution in [0.4, 0.5) is 0 Å². The van der Waals surface area contributed by atoms with Gasteiger partial charge in [-0.15, -0.1) is 0 Å². The minimum atomic E-state index is -1.25. The van der Waals surface area contributed by atoms with Crippen molar-refractivity contribution in [1.29, 1.82) is 0 Å². The molecule has 20 heavy (non-hydrogen) atoms. The summed E-state index contributed by atoms with van der Waals surface area (Å²) >= 11 is 0. The van der Waals surface area contributed by atoms with E-state index in [9.17, 15) is 14.7 Å². The van der Waals surface area contributed by atoms with Crippen molar-refractivity contribution in [3.05, 3.63) is 34.4 Å². The molecule has 0 spiro atoms. The molecule has 0 aliphatic rings. The number of esters is 1. The molecule has 0 amide bonds. The number of rotatable bonds is 3. The molecule has 0 aliphatic heterocycles. The predicted molar refractivity (Wildman–Crippen MR) is 76.8 cm³/mol. The predicted octanol–water partition coefficient (Wildman–Crippen LogP) is 3.29. The van der Waals surface area contributed by atoms with Crippen LogP contribution in [-0.2, 0) is 19.7 Å². The Kier molecular flexibility index (Phi) is 4.58. The van der Waals surface area contributed by atoms with E-state index in [0.29, 0.717) is 5.56 Å². The van der Waals surface area contributed by atoms with Crippen LogP contribution in [0, 0.1) is 13.8 Å². The molecule has 1 atom stereocenters. The maximum atomic E-state index is 11.3. The van der Waals surface area contributed by atoms with Crippen molar-refractivity contribution in [3.8, 4) is 0 Å². The first-order valence-corrected chi connectivity index (χ1v) is 6.55. The number of carboxylic acids is 1. The van der Waals surface area contributed by atoms with E-state index in [1.165, 1.54) is 6.92 Å². The molecule has 1 aromatic carbocycles. The Morgan fingerprint density at radius 2 is 1.60 bits per heavy atom. The van der Waals surface area contributed by atoms with Crippen molar-refractivity contribution in [2.45, 2.75) is 53.1 Å². The van der Waals surface area contributed by atoms with Crippen LogP contribution in [-0.4, -0.2) is 17.0 Å². The SMILES string of the molecule is CC(=O)OC(C(=O)O)c1c(C)cc(C(C)(C)C)cc1C. The van der Waals surface area contributed by atoms with Crippen LogP contribution >= 0.6 is 0 Å². The smallest absolute Gasteiger partial charge is 0.349 e. The molecule has 0 heterocycles. The number of ether oxygens (including phenoxy) is 1. The van der Waals surface area contributed by atoms with Gasteiger partial charge in [0, 0.05) is 12.5 Å². The van der Waals surface area contributed by atoms with E-state index in [1.54, 1.807) is 0 Å². The zero-order chi connectivity index (χ0) is 15.7. The third kappa shape index (κ3) is 3.59. The quantitative estimate of drug-likeness (QED) is 0.862. The standard InChI is InChI=1S/C16H22O4/c1-9-7-12(16(4,5)6)8-10(2)13(9)14(15(18)19)20-11(3)17/h7-8,14H,1-6H3,(H,18,19). The number of carbonyl (C=O) groups excluding carboxylic acids is 1. The summed E-state index contributed by atoms with van der Waals surface area (Å²) in [4.78, 5) is 22.4. The van der Waals surface area contributed by atoms with Crippen molar-refractivity contribution in [3.63, 3.8) is 0 Å². The molecular formula is C16H22O4. The number of hydrogen-bond acceptors (Lipinski definition) is 3. The van der Waals surface area contributed by atoms with Gasteiger partial charge in [0.05, 0.1) is 0 Å². The Hall–Kier alpha value is -1.84. The number of aryl methyl sites for hydroxylation is 2. The van der Waals surface area contributed by atoms with Crippen LogP contribution in [0.3, 0.4) is 0 Å². The highest BCUT2D eigenvalue weighted by Crippen LogP contribution is 2.31. The molecule has 0 saturated heterocycles. The van der Waals surface area contributed by atoms with E-state index in [2.05, 4.69) is 20.8 Å². The van der Waals surface area contributed by atoms with E-state index in [-0.39, 0.29) is 5.41 Å². The molecule has 1 unspecified atom stereocenters. The van der Waals surface area contributed by atoms with Gasteiger partial charge in [-0.25, -0.2) is 4.79 Å². The van der Waals surface area contributed by atoms with Gasteiger partial charge in [0.2, 0.25) is 6.10 Å². The maximum absolute atomic E-state index is 11.3. The molecule has 0 radical (unpaired) electrons. The van der Waals surface area contributed by atoms with E-state index in [0.717, 1.165) is 16.7 Å². The highest BCUT2D eigenvalue weighted by atomic mass is 16.6. The van der Waals surface area contributed by atoms with Crippen LogP contribution in [0.15, 0.2) is 12.1 Å². The molecule has 1 aromatic rings. The molecule has 4 nitrogen and oxygen atoms in total. The second-order valence-corrected chi connectivity index (χ2v) is 6.10. The van der Waals surface area contributed by atoms with Crippen LogP contribution in [0.2, 0.25) is 0 Å². The fourth-order valence-corrected chi connectivity index (χ4v) is 2.22. The Balaban J connectivity index is 3.38. The number of carboxylic acid groups (broad SMARTS) is 1. The molecule has 0 saturated carbocycles. The summed E-state index contributed by atoms with van der Waals surface area (Å²) in [5.74, 6) is -1.76. The number of carbonyl (C=O) groups is 2. The summed E-state index contributed by atoms with van der Waals surface area (Å²) in [5.41, 5.74) is 3.31. The molecular weight excluding hydrogens is 256 g/mol. The lowest BCUT2D eigenvalue weighted by Crippen LogP contribution is -2.21. The van der Waals surface area contributed by atoms with E-state index in [4.69, 9.17) is 4.74 Å². The highest BCUT2D eigenvalue weighted by molar-refractivity contribution is 5.79. The Labute approximate surface area is 119 Å². The number of hydrogen-bond donors (Lipinski definition) is 1. The third-order valence-electron chi connectivity index (χ3n) is 3.23. The Bertz CT molecular complexity index is 515. The molecule has 0 aromatic heterocycles. The Morgan fingerprint density at radius 1 is 1.15 bits per heavy atom. The maximum Gasteiger partial charge on any atom is 0.349 e. The van der Waals surface area contributed by atoms with Crippen molar-refractivity contribution in [2.75, 3.05) is 0 Å². The van der Waals surface area contributed by atoms with Crippen LogP contribution < -0.4 is 0 Å². The van der Waals surface area contributed by atoms with Crippen LogP contribution in [0.1, 0.15) is 56.1 Å². The average molecular weight is 278 g/mol. The minimum absolute atomic E-state index is 0.0196. The van der Waals surface area contributed by atoms with Gasteiger partial charge in [-0.1, -0.05) is 32.9 Å². The lowest BCUT2D eigenvalue weighted by Gasteiger charge is -2.24. The summed E-state index contributed by atoms with van der Waals surface area (Å²) in [6.07, 6.45) is -1.25. The van der Waals surface area contributed by atoms with E-state index >= 15 is 0 Å². The fraction of sp³-hybridized carbons (Fsp3) is 0.500. The number of aliphatic carboxylic acids is 1. The minimum Gasteiger partial charge on any atom is -0.478 e. The van der Waals surface area contributed by atoms with Crippen molar-refractivity contribution in [1.82, 2.24) is 0 Å². The van der Waals surface area contributed by atoms with Gasteiger partial charge < -0.3 is 9.84 Å². The van der Waals surface area contributed by atoms with E-state index in [1.807, 2.05) is 26.0 Å². The second kappa shape index (κ2) is 5.65. The van der Waals surface area contributed by atoms with Crippen molar-refractivity contribution < 1.29 is 19.4 Å². The molecule has 0 bridgehead atoms. The van der Waals surface area contributed by atoms with Crippen molar-refractivity contribution >= 4 is 11.9 Å². The average Bonchev–Trinajstić information content (AvgIpc) is 2.24. The molecule has 1 N–H and O–H groups in total. The van der Waals surface area contributed by atoms with Gasteiger partial charge in [-0.2, -0.15) is 0 Å². The monoisotopic (exact) mass is 278 g/mol. The molecule has 110 valence electrons. The second-order valence-electron chi connectivity index (χ2n) is 6.10. The zero-order valence-electron chi connectivity index (χ0n) is 12.9. The zero-order valence-corrected chi connectivity index (χ0v) is 12.9. The summed E-state index contributed by atoms with van der Waals surface area (Å²) in [7, 11) is 0. The largest absolute Gasteiger partial charge is 0.478 e. The van der Waals surface area contributed by atoms with Crippen LogP contribution in [0.5, 0.6) is 0 Å². The molecule has 4 heteroatoms. The first kappa shape index (κ1) is 16.2. The summed E-state index contributed by atoms with van der Waals surface area (Å²) < 4.78 is 4.95. The van der Waals surface area contributed by atoms with Crippen molar-refractivity contribution in [2.24, 2.45) is 0 Å². The lowest BCUT2D eigenvalue weighted by molar-refractivity contribution is -0.163. The number of benzene rings is 1. The topological polar surface area (TPSA) is 63.6 Å². The van der Waals surface area contributed by atoms with Gasteiger partial charge in [0.25, 0.3) is 0 Å². The van der Waals surface area contributed by atoms with Gasteiger partial charge in [-0.05, 0) is 36.0 Å².